The number of nitrogens with one attached hydrogen (secondary N) is 2. The molecule has 0 radical (unpaired) electrons. The van der Waals surface area contributed by atoms with Crippen molar-refractivity contribution in [2.24, 2.45) is 5.92 Å². The SMILES string of the molecule is CC(=O)Nc1cc(C(=O)N[C@@H]2CCC[C@@H]2C(=O)O)ccc1C. The molecule has 6 heteroatoms. The van der Waals surface area contributed by atoms with E-state index >= 15 is 0 Å². The van der Waals surface area contributed by atoms with E-state index < -0.39 is 11.9 Å². The number of anilines is 1. The van der Waals surface area contributed by atoms with Crippen LogP contribution in [0.5, 0.6) is 0 Å². The van der Waals surface area contributed by atoms with Crippen molar-refractivity contribution in [3.63, 3.8) is 0 Å². The molecule has 1 saturated carbocycles. The highest BCUT2D eigenvalue weighted by Crippen LogP contribution is 2.26. The van der Waals surface area contributed by atoms with Gasteiger partial charge in [-0.15, -0.1) is 0 Å². The van der Waals surface area contributed by atoms with E-state index in [0.29, 0.717) is 24.1 Å². The molecule has 0 aromatic heterocycles. The van der Waals surface area contributed by atoms with E-state index in [1.165, 1.54) is 6.92 Å². The van der Waals surface area contributed by atoms with E-state index in [1.54, 1.807) is 18.2 Å². The van der Waals surface area contributed by atoms with Crippen LogP contribution in [0.2, 0.25) is 0 Å². The van der Waals surface area contributed by atoms with Gasteiger partial charge in [0, 0.05) is 24.2 Å². The molecule has 0 saturated heterocycles. The minimum Gasteiger partial charge on any atom is -0.481 e. The largest absolute Gasteiger partial charge is 0.481 e. The Balaban J connectivity index is 2.12. The van der Waals surface area contributed by atoms with E-state index in [1.807, 2.05) is 6.92 Å². The number of carboxylic acid groups (broad SMARTS) is 1. The summed E-state index contributed by atoms with van der Waals surface area (Å²) in [5.41, 5.74) is 1.85. The predicted molar refractivity (Wildman–Crippen MR) is 81.7 cm³/mol. The third-order valence-electron chi connectivity index (χ3n) is 3.96. The molecule has 0 heterocycles. The second-order valence-corrected chi connectivity index (χ2v) is 5.67. The third-order valence-corrected chi connectivity index (χ3v) is 3.96. The summed E-state index contributed by atoms with van der Waals surface area (Å²) in [7, 11) is 0. The zero-order valence-electron chi connectivity index (χ0n) is 12.7. The summed E-state index contributed by atoms with van der Waals surface area (Å²) < 4.78 is 0. The van der Waals surface area contributed by atoms with E-state index in [9.17, 15) is 14.4 Å². The number of rotatable bonds is 4. The molecule has 1 aliphatic rings. The van der Waals surface area contributed by atoms with Crippen molar-refractivity contribution in [2.75, 3.05) is 5.32 Å². The molecule has 1 fully saturated rings. The number of carbonyl (C=O) groups is 3. The standard InChI is InChI=1S/C16H20N2O4/c1-9-6-7-11(8-14(9)17-10(2)19)15(20)18-13-5-3-4-12(13)16(21)22/h6-8,12-13H,3-5H2,1-2H3,(H,17,19)(H,18,20)(H,21,22)/t12-,13+/m0/s1. The van der Waals surface area contributed by atoms with Gasteiger partial charge in [-0.2, -0.15) is 0 Å². The molecule has 0 spiro atoms. The Morgan fingerprint density at radius 1 is 1.23 bits per heavy atom. The lowest BCUT2D eigenvalue weighted by Crippen LogP contribution is -2.40. The van der Waals surface area contributed by atoms with Crippen LogP contribution in [-0.4, -0.2) is 28.9 Å². The van der Waals surface area contributed by atoms with Crippen molar-refractivity contribution in [2.45, 2.75) is 39.2 Å². The Bertz CT molecular complexity index is 612. The van der Waals surface area contributed by atoms with E-state index in [-0.39, 0.29) is 17.9 Å². The lowest BCUT2D eigenvalue weighted by atomic mass is 10.0. The summed E-state index contributed by atoms with van der Waals surface area (Å²) in [6.07, 6.45) is 2.06. The van der Waals surface area contributed by atoms with Gasteiger partial charge in [0.05, 0.1) is 5.92 Å². The summed E-state index contributed by atoms with van der Waals surface area (Å²) in [5, 5.41) is 14.6. The lowest BCUT2D eigenvalue weighted by Gasteiger charge is -2.18. The van der Waals surface area contributed by atoms with Crippen LogP contribution in [-0.2, 0) is 9.59 Å². The molecule has 2 rings (SSSR count). The van der Waals surface area contributed by atoms with Crippen molar-refractivity contribution >= 4 is 23.5 Å². The smallest absolute Gasteiger partial charge is 0.308 e. The average molecular weight is 304 g/mol. The van der Waals surface area contributed by atoms with E-state index in [4.69, 9.17) is 5.11 Å². The fourth-order valence-electron chi connectivity index (χ4n) is 2.77. The van der Waals surface area contributed by atoms with Crippen LogP contribution in [0.3, 0.4) is 0 Å². The van der Waals surface area contributed by atoms with Gasteiger partial charge in [0.25, 0.3) is 5.91 Å². The van der Waals surface area contributed by atoms with Crippen LogP contribution in [0.4, 0.5) is 5.69 Å². The lowest BCUT2D eigenvalue weighted by molar-refractivity contribution is -0.142. The molecule has 6 nitrogen and oxygen atoms in total. The molecule has 1 aliphatic carbocycles. The van der Waals surface area contributed by atoms with Crippen molar-refractivity contribution in [3.8, 4) is 0 Å². The van der Waals surface area contributed by atoms with Gasteiger partial charge in [0.2, 0.25) is 5.91 Å². The Morgan fingerprint density at radius 2 is 1.95 bits per heavy atom. The fourth-order valence-corrected chi connectivity index (χ4v) is 2.77. The summed E-state index contributed by atoms with van der Waals surface area (Å²) in [6.45, 7) is 3.24. The molecule has 3 N–H and O–H groups in total. The van der Waals surface area contributed by atoms with Gasteiger partial charge in [-0.1, -0.05) is 12.5 Å². The number of aryl methyl sites for hydroxylation is 1. The van der Waals surface area contributed by atoms with Gasteiger partial charge >= 0.3 is 5.97 Å². The van der Waals surface area contributed by atoms with Gasteiger partial charge < -0.3 is 15.7 Å². The first kappa shape index (κ1) is 16.0. The van der Waals surface area contributed by atoms with Gasteiger partial charge in [0.1, 0.15) is 0 Å². The monoisotopic (exact) mass is 304 g/mol. The molecule has 2 amide bonds. The first-order chi connectivity index (χ1) is 10.4. The maximum atomic E-state index is 12.3. The minimum absolute atomic E-state index is 0.206. The number of benzene rings is 1. The number of carboxylic acids is 1. The van der Waals surface area contributed by atoms with Crippen LogP contribution in [0, 0.1) is 12.8 Å². The Kier molecular flexibility index (Phi) is 4.80. The van der Waals surface area contributed by atoms with Gasteiger partial charge in [0.15, 0.2) is 0 Å². The number of carbonyl (C=O) groups excluding carboxylic acids is 2. The van der Waals surface area contributed by atoms with Crippen LogP contribution in [0.15, 0.2) is 18.2 Å². The van der Waals surface area contributed by atoms with Gasteiger partial charge in [-0.05, 0) is 37.5 Å². The molecule has 118 valence electrons. The molecule has 0 unspecified atom stereocenters. The maximum Gasteiger partial charge on any atom is 0.308 e. The molecule has 0 bridgehead atoms. The van der Waals surface area contributed by atoms with Crippen molar-refractivity contribution in [1.82, 2.24) is 5.32 Å². The number of aliphatic carboxylic acids is 1. The van der Waals surface area contributed by atoms with Crippen molar-refractivity contribution < 1.29 is 19.5 Å². The molecule has 1 aromatic rings. The van der Waals surface area contributed by atoms with Crippen molar-refractivity contribution in [3.05, 3.63) is 29.3 Å². The Labute approximate surface area is 128 Å². The normalized spacial score (nSPS) is 20.5. The highest BCUT2D eigenvalue weighted by atomic mass is 16.4. The first-order valence-corrected chi connectivity index (χ1v) is 7.30. The number of amides is 2. The second-order valence-electron chi connectivity index (χ2n) is 5.67. The Hall–Kier alpha value is -2.37. The van der Waals surface area contributed by atoms with Gasteiger partial charge in [-0.25, -0.2) is 0 Å². The first-order valence-electron chi connectivity index (χ1n) is 7.30. The molecule has 2 atom stereocenters. The third kappa shape index (κ3) is 3.63. The molecule has 0 aliphatic heterocycles. The molecular weight excluding hydrogens is 284 g/mol. The van der Waals surface area contributed by atoms with E-state index in [0.717, 1.165) is 12.0 Å². The summed E-state index contributed by atoms with van der Waals surface area (Å²) in [5.74, 6) is -1.91. The van der Waals surface area contributed by atoms with Gasteiger partial charge in [-0.3, -0.25) is 14.4 Å². The molecular formula is C16H20N2O4. The number of hydrogen-bond donors (Lipinski definition) is 3. The second kappa shape index (κ2) is 6.60. The predicted octanol–water partition coefficient (Wildman–Crippen LogP) is 1.94. The average Bonchev–Trinajstić information content (AvgIpc) is 2.89. The zero-order valence-corrected chi connectivity index (χ0v) is 12.7. The quantitative estimate of drug-likeness (QED) is 0.792. The van der Waals surface area contributed by atoms with Crippen LogP contribution in [0.1, 0.15) is 42.1 Å². The van der Waals surface area contributed by atoms with Crippen LogP contribution in [0.25, 0.3) is 0 Å². The highest BCUT2D eigenvalue weighted by Gasteiger charge is 2.34. The molecule has 22 heavy (non-hydrogen) atoms. The van der Waals surface area contributed by atoms with Crippen LogP contribution < -0.4 is 10.6 Å². The van der Waals surface area contributed by atoms with Crippen molar-refractivity contribution in [1.29, 1.82) is 0 Å². The minimum atomic E-state index is -0.870. The fraction of sp³-hybridized carbons (Fsp3) is 0.438. The summed E-state index contributed by atoms with van der Waals surface area (Å²) in [6, 6.07) is 4.69. The zero-order chi connectivity index (χ0) is 16.3. The van der Waals surface area contributed by atoms with E-state index in [2.05, 4.69) is 10.6 Å². The number of hydrogen-bond acceptors (Lipinski definition) is 3. The summed E-state index contributed by atoms with van der Waals surface area (Å²) >= 11 is 0. The highest BCUT2D eigenvalue weighted by molar-refractivity contribution is 5.97. The summed E-state index contributed by atoms with van der Waals surface area (Å²) in [4.78, 5) is 34.6. The maximum absolute atomic E-state index is 12.3. The topological polar surface area (TPSA) is 95.5 Å². The Morgan fingerprint density at radius 3 is 2.59 bits per heavy atom. The molecule has 1 aromatic carbocycles. The van der Waals surface area contributed by atoms with Crippen LogP contribution >= 0.6 is 0 Å².